The van der Waals surface area contributed by atoms with Gasteiger partial charge in [-0.3, -0.25) is 4.79 Å². The SMILES string of the molecule is CCCOc1cccc(C(=O)N2CC[C@H](N)C2)c1.Cl. The average molecular weight is 285 g/mol. The molecule has 1 aromatic rings. The predicted octanol–water partition coefficient (Wildman–Crippen LogP) is 2.07. The van der Waals surface area contributed by atoms with E-state index < -0.39 is 0 Å². The van der Waals surface area contributed by atoms with Gasteiger partial charge in [0.1, 0.15) is 5.75 Å². The number of likely N-dealkylation sites (tertiary alicyclic amines) is 1. The van der Waals surface area contributed by atoms with E-state index in [1.165, 1.54) is 0 Å². The molecule has 2 N–H and O–H groups in total. The third-order valence-corrected chi connectivity index (χ3v) is 3.07. The topological polar surface area (TPSA) is 55.6 Å². The van der Waals surface area contributed by atoms with Gasteiger partial charge in [-0.25, -0.2) is 0 Å². The minimum atomic E-state index is 0. The Balaban J connectivity index is 0.00000180. The first kappa shape index (κ1) is 15.8. The van der Waals surface area contributed by atoms with Crippen molar-refractivity contribution in [2.24, 2.45) is 5.73 Å². The molecule has 0 radical (unpaired) electrons. The third-order valence-electron chi connectivity index (χ3n) is 3.07. The maximum Gasteiger partial charge on any atom is 0.254 e. The van der Waals surface area contributed by atoms with E-state index in [0.717, 1.165) is 25.1 Å². The van der Waals surface area contributed by atoms with Gasteiger partial charge in [0.05, 0.1) is 6.61 Å². The number of hydrogen-bond acceptors (Lipinski definition) is 3. The lowest BCUT2D eigenvalue weighted by molar-refractivity contribution is 0.0790. The number of rotatable bonds is 4. The van der Waals surface area contributed by atoms with Gasteiger partial charge in [-0.05, 0) is 31.0 Å². The second-order valence-electron chi connectivity index (χ2n) is 4.68. The van der Waals surface area contributed by atoms with Crippen LogP contribution < -0.4 is 10.5 Å². The summed E-state index contributed by atoms with van der Waals surface area (Å²) in [6.07, 6.45) is 1.84. The molecule has 1 saturated heterocycles. The van der Waals surface area contributed by atoms with E-state index in [4.69, 9.17) is 10.5 Å². The van der Waals surface area contributed by atoms with E-state index in [1.54, 1.807) is 0 Å². The number of amides is 1. The fourth-order valence-corrected chi connectivity index (χ4v) is 2.09. The fraction of sp³-hybridized carbons (Fsp3) is 0.500. The van der Waals surface area contributed by atoms with Crippen molar-refractivity contribution in [1.82, 2.24) is 4.90 Å². The zero-order chi connectivity index (χ0) is 13.0. The Bertz CT molecular complexity index is 426. The maximum absolute atomic E-state index is 12.2. The molecule has 2 rings (SSSR count). The van der Waals surface area contributed by atoms with E-state index >= 15 is 0 Å². The van der Waals surface area contributed by atoms with Crippen molar-refractivity contribution in [2.75, 3.05) is 19.7 Å². The minimum Gasteiger partial charge on any atom is -0.494 e. The average Bonchev–Trinajstić information content (AvgIpc) is 2.82. The lowest BCUT2D eigenvalue weighted by Gasteiger charge is -2.16. The minimum absolute atomic E-state index is 0. The quantitative estimate of drug-likeness (QED) is 0.921. The van der Waals surface area contributed by atoms with Gasteiger partial charge < -0.3 is 15.4 Å². The molecular weight excluding hydrogens is 264 g/mol. The van der Waals surface area contributed by atoms with Crippen molar-refractivity contribution in [3.63, 3.8) is 0 Å². The second kappa shape index (κ2) is 7.36. The van der Waals surface area contributed by atoms with Crippen molar-refractivity contribution in [1.29, 1.82) is 0 Å². The molecule has 0 spiro atoms. The highest BCUT2D eigenvalue weighted by Gasteiger charge is 2.24. The molecule has 0 saturated carbocycles. The van der Waals surface area contributed by atoms with Crippen LogP contribution in [0.5, 0.6) is 5.75 Å². The monoisotopic (exact) mass is 284 g/mol. The van der Waals surface area contributed by atoms with Gasteiger partial charge in [0.15, 0.2) is 0 Å². The largest absolute Gasteiger partial charge is 0.494 e. The molecule has 0 aromatic heterocycles. The van der Waals surface area contributed by atoms with E-state index in [1.807, 2.05) is 29.2 Å². The van der Waals surface area contributed by atoms with E-state index in [0.29, 0.717) is 18.7 Å². The van der Waals surface area contributed by atoms with Crippen LogP contribution in [-0.4, -0.2) is 36.5 Å². The number of benzene rings is 1. The number of halogens is 1. The molecular formula is C14H21ClN2O2. The molecule has 1 atom stereocenters. The summed E-state index contributed by atoms with van der Waals surface area (Å²) in [7, 11) is 0. The summed E-state index contributed by atoms with van der Waals surface area (Å²) in [5, 5.41) is 0. The molecule has 1 aromatic carbocycles. The Kier molecular flexibility index (Phi) is 6.12. The Labute approximate surface area is 120 Å². The van der Waals surface area contributed by atoms with Crippen molar-refractivity contribution < 1.29 is 9.53 Å². The maximum atomic E-state index is 12.2. The lowest BCUT2D eigenvalue weighted by Crippen LogP contribution is -2.31. The molecule has 4 nitrogen and oxygen atoms in total. The van der Waals surface area contributed by atoms with E-state index in [2.05, 4.69) is 6.92 Å². The molecule has 106 valence electrons. The number of hydrogen-bond donors (Lipinski definition) is 1. The lowest BCUT2D eigenvalue weighted by atomic mass is 10.2. The molecule has 5 heteroatoms. The van der Waals surface area contributed by atoms with E-state index in [9.17, 15) is 4.79 Å². The standard InChI is InChI=1S/C14H20N2O2.ClH/c1-2-8-18-13-5-3-4-11(9-13)14(17)16-7-6-12(15)10-16;/h3-5,9,12H,2,6-8,10,15H2,1H3;1H/t12-;/m0./s1. The summed E-state index contributed by atoms with van der Waals surface area (Å²) in [6.45, 7) is 4.13. The van der Waals surface area contributed by atoms with Gasteiger partial charge >= 0.3 is 0 Å². The normalized spacial score (nSPS) is 18.0. The van der Waals surface area contributed by atoms with Crippen LogP contribution in [0.4, 0.5) is 0 Å². The number of ether oxygens (including phenoxy) is 1. The van der Waals surface area contributed by atoms with Crippen molar-refractivity contribution in [3.05, 3.63) is 29.8 Å². The van der Waals surface area contributed by atoms with Crippen molar-refractivity contribution in [2.45, 2.75) is 25.8 Å². The summed E-state index contributed by atoms with van der Waals surface area (Å²) in [4.78, 5) is 14.0. The van der Waals surface area contributed by atoms with Crippen LogP contribution in [0.15, 0.2) is 24.3 Å². The van der Waals surface area contributed by atoms with Crippen molar-refractivity contribution >= 4 is 18.3 Å². The van der Waals surface area contributed by atoms with Gasteiger partial charge in [-0.15, -0.1) is 12.4 Å². The summed E-state index contributed by atoms with van der Waals surface area (Å²) in [6, 6.07) is 7.48. The summed E-state index contributed by atoms with van der Waals surface area (Å²) < 4.78 is 5.53. The van der Waals surface area contributed by atoms with Gasteiger partial charge in [0.2, 0.25) is 0 Å². The number of nitrogens with two attached hydrogens (primary N) is 1. The van der Waals surface area contributed by atoms with E-state index in [-0.39, 0.29) is 24.4 Å². The Morgan fingerprint density at radius 1 is 1.53 bits per heavy atom. The van der Waals surface area contributed by atoms with Crippen LogP contribution in [0.2, 0.25) is 0 Å². The molecule has 1 heterocycles. The van der Waals surface area contributed by atoms with Gasteiger partial charge in [0.25, 0.3) is 5.91 Å². The first-order valence-electron chi connectivity index (χ1n) is 6.48. The van der Waals surface area contributed by atoms with Crippen LogP contribution in [0.1, 0.15) is 30.1 Å². The zero-order valence-corrected chi connectivity index (χ0v) is 12.0. The molecule has 1 amide bonds. The summed E-state index contributed by atoms with van der Waals surface area (Å²) in [5.74, 6) is 0.802. The molecule has 0 unspecified atom stereocenters. The molecule has 1 aliphatic rings. The third kappa shape index (κ3) is 4.11. The van der Waals surface area contributed by atoms with Crippen LogP contribution in [0.3, 0.4) is 0 Å². The smallest absolute Gasteiger partial charge is 0.254 e. The Hall–Kier alpha value is -1.26. The zero-order valence-electron chi connectivity index (χ0n) is 11.2. The van der Waals surface area contributed by atoms with Crippen LogP contribution in [-0.2, 0) is 0 Å². The van der Waals surface area contributed by atoms with Gasteiger partial charge in [0, 0.05) is 24.7 Å². The Morgan fingerprint density at radius 3 is 2.95 bits per heavy atom. The predicted molar refractivity (Wildman–Crippen MR) is 78.0 cm³/mol. The molecule has 19 heavy (non-hydrogen) atoms. The highest BCUT2D eigenvalue weighted by atomic mass is 35.5. The summed E-state index contributed by atoms with van der Waals surface area (Å²) >= 11 is 0. The van der Waals surface area contributed by atoms with Crippen LogP contribution >= 0.6 is 12.4 Å². The van der Waals surface area contributed by atoms with Gasteiger partial charge in [-0.1, -0.05) is 13.0 Å². The number of nitrogens with zero attached hydrogens (tertiary/aromatic N) is 1. The number of carbonyl (C=O) groups excluding carboxylic acids is 1. The first-order chi connectivity index (χ1) is 8.70. The second-order valence-corrected chi connectivity index (χ2v) is 4.68. The molecule has 0 aliphatic carbocycles. The van der Waals surface area contributed by atoms with Crippen LogP contribution in [0, 0.1) is 0 Å². The van der Waals surface area contributed by atoms with Crippen molar-refractivity contribution in [3.8, 4) is 5.75 Å². The highest BCUT2D eigenvalue weighted by molar-refractivity contribution is 5.94. The molecule has 1 fully saturated rings. The molecule has 1 aliphatic heterocycles. The Morgan fingerprint density at radius 2 is 2.32 bits per heavy atom. The molecule has 0 bridgehead atoms. The summed E-state index contributed by atoms with van der Waals surface area (Å²) in [5.41, 5.74) is 6.50. The number of carbonyl (C=O) groups is 1. The van der Waals surface area contributed by atoms with Crippen LogP contribution in [0.25, 0.3) is 0 Å². The van der Waals surface area contributed by atoms with Gasteiger partial charge in [-0.2, -0.15) is 0 Å². The first-order valence-corrected chi connectivity index (χ1v) is 6.48. The highest BCUT2D eigenvalue weighted by Crippen LogP contribution is 2.17. The fourth-order valence-electron chi connectivity index (χ4n) is 2.09.